The third kappa shape index (κ3) is 38.8. The largest absolute Gasteiger partial charge is 0.465 e. The molecule has 0 aliphatic carbocycles. The monoisotopic (exact) mass is 635 g/mol. The van der Waals surface area contributed by atoms with Crippen molar-refractivity contribution < 1.29 is 19.1 Å². The Morgan fingerprint density at radius 2 is 0.644 bits per heavy atom. The second-order valence-electron chi connectivity index (χ2n) is 13.6. The van der Waals surface area contributed by atoms with Crippen LogP contribution in [0.25, 0.3) is 0 Å². The first kappa shape index (κ1) is 43.7. The van der Waals surface area contributed by atoms with Crippen LogP contribution in [0.2, 0.25) is 0 Å². The van der Waals surface area contributed by atoms with Gasteiger partial charge >= 0.3 is 11.9 Å². The van der Waals surface area contributed by atoms with Crippen molar-refractivity contribution in [3.8, 4) is 0 Å². The highest BCUT2D eigenvalue weighted by molar-refractivity contribution is 5.83. The normalized spacial score (nSPS) is 11.4. The molecule has 0 N–H and O–H groups in total. The highest BCUT2D eigenvalue weighted by Gasteiger charge is 2.02. The molecule has 0 bridgehead atoms. The minimum Gasteiger partial charge on any atom is -0.465 e. The average molecular weight is 635 g/mol. The highest BCUT2D eigenvalue weighted by Crippen LogP contribution is 2.15. The van der Waals surface area contributed by atoms with Crippen molar-refractivity contribution >= 4 is 11.9 Å². The third-order valence-corrected chi connectivity index (χ3v) is 9.04. The topological polar surface area (TPSA) is 52.6 Å². The number of hydrogen-bond donors (Lipinski definition) is 0. The second kappa shape index (κ2) is 38.9. The van der Waals surface area contributed by atoms with E-state index in [2.05, 4.69) is 13.8 Å². The number of esters is 2. The molecule has 266 valence electrons. The van der Waals surface area contributed by atoms with Gasteiger partial charge in [-0.2, -0.15) is 0 Å². The van der Waals surface area contributed by atoms with E-state index in [0.29, 0.717) is 13.2 Å². The maximum absolute atomic E-state index is 11.9. The Hall–Kier alpha value is -1.32. The van der Waals surface area contributed by atoms with Gasteiger partial charge in [0.05, 0.1) is 19.6 Å². The minimum absolute atomic E-state index is 0.132. The SMILES string of the molecule is CCCCCCCCCCCCCCCCCCOC(=O)/C=C/CC(=O)OCCCCCCCCCCCCCCCCCC. The van der Waals surface area contributed by atoms with E-state index >= 15 is 0 Å². The molecule has 0 fully saturated rings. The van der Waals surface area contributed by atoms with Crippen molar-refractivity contribution in [3.05, 3.63) is 12.2 Å². The fourth-order valence-electron chi connectivity index (χ4n) is 6.02. The van der Waals surface area contributed by atoms with E-state index in [1.807, 2.05) is 0 Å². The van der Waals surface area contributed by atoms with Gasteiger partial charge in [-0.25, -0.2) is 4.79 Å². The van der Waals surface area contributed by atoms with Crippen LogP contribution >= 0.6 is 0 Å². The lowest BCUT2D eigenvalue weighted by Crippen LogP contribution is -2.06. The highest BCUT2D eigenvalue weighted by atomic mass is 16.5. The summed E-state index contributed by atoms with van der Waals surface area (Å²) in [5, 5.41) is 0. The van der Waals surface area contributed by atoms with E-state index in [1.165, 1.54) is 186 Å². The molecule has 0 amide bonds. The smallest absolute Gasteiger partial charge is 0.330 e. The Kier molecular flexibility index (Phi) is 37.7. The summed E-state index contributed by atoms with van der Waals surface area (Å²) in [5.41, 5.74) is 0. The Balaban J connectivity index is 3.32. The van der Waals surface area contributed by atoms with Gasteiger partial charge in [0.2, 0.25) is 0 Å². The predicted octanol–water partition coefficient (Wildman–Crippen LogP) is 13.5. The van der Waals surface area contributed by atoms with Crippen LogP contribution in [0.4, 0.5) is 0 Å². The van der Waals surface area contributed by atoms with Crippen LogP contribution < -0.4 is 0 Å². The van der Waals surface area contributed by atoms with Gasteiger partial charge in [0.1, 0.15) is 0 Å². The lowest BCUT2D eigenvalue weighted by Gasteiger charge is -2.05. The van der Waals surface area contributed by atoms with Gasteiger partial charge in [-0.3, -0.25) is 4.79 Å². The first-order valence-electron chi connectivity index (χ1n) is 20.2. The number of unbranched alkanes of at least 4 members (excludes halogenated alkanes) is 30. The molecular formula is C41H78O4. The zero-order chi connectivity index (χ0) is 32.7. The van der Waals surface area contributed by atoms with E-state index < -0.39 is 0 Å². The van der Waals surface area contributed by atoms with Crippen molar-refractivity contribution in [2.45, 2.75) is 226 Å². The summed E-state index contributed by atoms with van der Waals surface area (Å²) in [5.74, 6) is -0.626. The van der Waals surface area contributed by atoms with E-state index in [-0.39, 0.29) is 18.4 Å². The van der Waals surface area contributed by atoms with Crippen LogP contribution in [-0.4, -0.2) is 25.2 Å². The van der Waals surface area contributed by atoms with E-state index in [4.69, 9.17) is 9.47 Å². The predicted molar refractivity (Wildman–Crippen MR) is 195 cm³/mol. The Morgan fingerprint density at radius 3 is 0.956 bits per heavy atom. The molecule has 0 aromatic heterocycles. The zero-order valence-electron chi connectivity index (χ0n) is 30.5. The molecule has 0 aromatic carbocycles. The number of ether oxygens (including phenoxy) is 2. The summed E-state index contributed by atoms with van der Waals surface area (Å²) >= 11 is 0. The molecule has 0 saturated heterocycles. The summed E-state index contributed by atoms with van der Waals surface area (Å²) in [6.45, 7) is 5.50. The standard InChI is InChI=1S/C41H78O4/c1-3-5-7-9-11-13-15-17-19-21-23-25-27-29-31-33-38-44-40(42)36-35-37-41(43)45-39-34-32-30-28-26-24-22-20-18-16-14-12-10-8-6-4-2/h35-36H,3-34,37-39H2,1-2H3/b36-35+. The van der Waals surface area contributed by atoms with E-state index in [1.54, 1.807) is 6.08 Å². The molecule has 0 saturated carbocycles. The summed E-state index contributed by atoms with van der Waals surface area (Å²) in [6.07, 6.45) is 45.7. The summed E-state index contributed by atoms with van der Waals surface area (Å²) in [6, 6.07) is 0. The molecule has 0 aromatic rings. The molecular weight excluding hydrogens is 556 g/mol. The van der Waals surface area contributed by atoms with Crippen LogP contribution in [0.3, 0.4) is 0 Å². The van der Waals surface area contributed by atoms with E-state index in [9.17, 15) is 9.59 Å². The zero-order valence-corrected chi connectivity index (χ0v) is 30.5. The van der Waals surface area contributed by atoms with Gasteiger partial charge in [-0.05, 0) is 12.8 Å². The Labute approximate surface area is 281 Å². The van der Waals surface area contributed by atoms with Gasteiger partial charge in [0.15, 0.2) is 0 Å². The van der Waals surface area contributed by atoms with Crippen LogP contribution in [0.15, 0.2) is 12.2 Å². The maximum atomic E-state index is 11.9. The van der Waals surface area contributed by atoms with Crippen LogP contribution in [0, 0.1) is 0 Å². The minimum atomic E-state index is -0.360. The molecule has 0 aliphatic heterocycles. The third-order valence-electron chi connectivity index (χ3n) is 9.04. The first-order chi connectivity index (χ1) is 22.2. The fraction of sp³-hybridized carbons (Fsp3) is 0.902. The van der Waals surface area contributed by atoms with Crippen LogP contribution in [0.5, 0.6) is 0 Å². The quantitative estimate of drug-likeness (QED) is 0.0387. The van der Waals surface area contributed by atoms with Crippen molar-refractivity contribution in [2.75, 3.05) is 13.2 Å². The number of rotatable bonds is 37. The van der Waals surface area contributed by atoms with Gasteiger partial charge in [0.25, 0.3) is 0 Å². The molecule has 0 spiro atoms. The fourth-order valence-corrected chi connectivity index (χ4v) is 6.02. The van der Waals surface area contributed by atoms with Gasteiger partial charge in [-0.15, -0.1) is 0 Å². The van der Waals surface area contributed by atoms with E-state index in [0.717, 1.165) is 25.7 Å². The van der Waals surface area contributed by atoms with Crippen LogP contribution in [0.1, 0.15) is 226 Å². The molecule has 0 rings (SSSR count). The summed E-state index contributed by atoms with van der Waals surface area (Å²) in [7, 11) is 0. The van der Waals surface area contributed by atoms with Crippen molar-refractivity contribution in [3.63, 3.8) is 0 Å². The number of carbonyl (C=O) groups is 2. The second-order valence-corrected chi connectivity index (χ2v) is 13.6. The Bertz CT molecular complexity index is 629. The molecule has 4 heteroatoms. The molecule has 0 radical (unpaired) electrons. The van der Waals surface area contributed by atoms with Gasteiger partial charge in [-0.1, -0.05) is 213 Å². The van der Waals surface area contributed by atoms with Crippen molar-refractivity contribution in [2.24, 2.45) is 0 Å². The molecule has 0 aliphatic rings. The molecule has 0 unspecified atom stereocenters. The average Bonchev–Trinajstić information content (AvgIpc) is 3.04. The Morgan fingerprint density at radius 1 is 0.378 bits per heavy atom. The number of hydrogen-bond acceptors (Lipinski definition) is 4. The number of carbonyl (C=O) groups excluding carboxylic acids is 2. The van der Waals surface area contributed by atoms with Crippen LogP contribution in [-0.2, 0) is 19.1 Å². The first-order valence-corrected chi connectivity index (χ1v) is 20.2. The van der Waals surface area contributed by atoms with Gasteiger partial charge in [0, 0.05) is 6.08 Å². The molecule has 0 atom stereocenters. The lowest BCUT2D eigenvalue weighted by atomic mass is 10.0. The molecule has 4 nitrogen and oxygen atoms in total. The maximum Gasteiger partial charge on any atom is 0.330 e. The van der Waals surface area contributed by atoms with Gasteiger partial charge < -0.3 is 9.47 Å². The summed E-state index contributed by atoms with van der Waals surface area (Å²) < 4.78 is 10.6. The molecule has 45 heavy (non-hydrogen) atoms. The molecule has 0 heterocycles. The van der Waals surface area contributed by atoms with Crippen molar-refractivity contribution in [1.29, 1.82) is 0 Å². The summed E-state index contributed by atoms with van der Waals surface area (Å²) in [4.78, 5) is 23.7. The van der Waals surface area contributed by atoms with Crippen molar-refractivity contribution in [1.82, 2.24) is 0 Å². The lowest BCUT2D eigenvalue weighted by molar-refractivity contribution is -0.142.